The second kappa shape index (κ2) is 3.21. The Morgan fingerprint density at radius 2 is 2.22 bits per heavy atom. The van der Waals surface area contributed by atoms with Crippen molar-refractivity contribution in [2.45, 2.75) is 51.6 Å². The highest BCUT2D eigenvalue weighted by Gasteiger charge is 2.21. The van der Waals surface area contributed by atoms with Crippen LogP contribution in [0.25, 0.3) is 0 Å². The summed E-state index contributed by atoms with van der Waals surface area (Å²) in [5.74, 6) is 0. The third kappa shape index (κ3) is 2.85. The minimum absolute atomic E-state index is 0.752. The molecule has 0 heterocycles. The van der Waals surface area contributed by atoms with Crippen LogP contribution in [0.1, 0.15) is 39.5 Å². The highest BCUT2D eigenvalue weighted by Crippen LogP contribution is 2.19. The summed E-state index contributed by atoms with van der Waals surface area (Å²) < 4.78 is 0. The maximum atomic E-state index is 3.55. The van der Waals surface area contributed by atoms with Gasteiger partial charge < -0.3 is 5.32 Å². The van der Waals surface area contributed by atoms with E-state index in [0.29, 0.717) is 0 Å². The van der Waals surface area contributed by atoms with Crippen molar-refractivity contribution in [3.8, 4) is 0 Å². The first kappa shape index (κ1) is 7.07. The van der Waals surface area contributed by atoms with Crippen molar-refractivity contribution in [3.63, 3.8) is 0 Å². The highest BCUT2D eigenvalue weighted by atomic mass is 15.0. The van der Waals surface area contributed by atoms with Crippen LogP contribution in [0.2, 0.25) is 0 Å². The second-order valence-corrected chi connectivity index (χ2v) is 3.13. The molecule has 1 rings (SSSR count). The van der Waals surface area contributed by atoms with E-state index in [1.165, 1.54) is 25.7 Å². The first-order valence-corrected chi connectivity index (χ1v) is 4.09. The van der Waals surface area contributed by atoms with Crippen LogP contribution in [0.15, 0.2) is 0 Å². The number of hydrogen-bond acceptors (Lipinski definition) is 1. The molecule has 1 saturated carbocycles. The number of nitrogens with one attached hydrogen (secondary N) is 1. The van der Waals surface area contributed by atoms with Crippen molar-refractivity contribution in [1.82, 2.24) is 5.32 Å². The summed E-state index contributed by atoms with van der Waals surface area (Å²) in [6, 6.07) is 1.63. The molecule has 0 amide bonds. The monoisotopic (exact) mass is 127 g/mol. The van der Waals surface area contributed by atoms with Gasteiger partial charge in [-0.25, -0.2) is 0 Å². The van der Waals surface area contributed by atoms with Crippen molar-refractivity contribution in [1.29, 1.82) is 0 Å². The van der Waals surface area contributed by atoms with E-state index in [1.807, 2.05) is 0 Å². The second-order valence-electron chi connectivity index (χ2n) is 3.13. The maximum Gasteiger partial charge on any atom is 0.00706 e. The lowest BCUT2D eigenvalue weighted by molar-refractivity contribution is 0.506. The Balaban J connectivity index is 1.95. The zero-order chi connectivity index (χ0) is 6.69. The van der Waals surface area contributed by atoms with Crippen molar-refractivity contribution < 1.29 is 0 Å². The minimum atomic E-state index is 0.752. The van der Waals surface area contributed by atoms with Crippen LogP contribution in [-0.4, -0.2) is 12.1 Å². The van der Waals surface area contributed by atoms with Gasteiger partial charge in [-0.3, -0.25) is 0 Å². The first-order valence-electron chi connectivity index (χ1n) is 4.09. The Kier molecular flexibility index (Phi) is 2.52. The smallest absolute Gasteiger partial charge is 0.00706 e. The molecule has 1 aliphatic carbocycles. The van der Waals surface area contributed by atoms with Crippen LogP contribution in [0, 0.1) is 0 Å². The van der Waals surface area contributed by atoms with Crippen LogP contribution in [-0.2, 0) is 0 Å². The van der Waals surface area contributed by atoms with Gasteiger partial charge >= 0.3 is 0 Å². The van der Waals surface area contributed by atoms with Crippen LogP contribution >= 0.6 is 0 Å². The van der Waals surface area contributed by atoms with Crippen molar-refractivity contribution >= 4 is 0 Å². The van der Waals surface area contributed by atoms with E-state index in [0.717, 1.165) is 12.1 Å². The van der Waals surface area contributed by atoms with Crippen LogP contribution in [0.5, 0.6) is 0 Å². The summed E-state index contributed by atoms with van der Waals surface area (Å²) in [5, 5.41) is 3.55. The van der Waals surface area contributed by atoms with E-state index in [9.17, 15) is 0 Å². The predicted octanol–water partition coefficient (Wildman–Crippen LogP) is 1.93. The molecule has 54 valence electrons. The maximum absolute atomic E-state index is 3.55. The van der Waals surface area contributed by atoms with Gasteiger partial charge in [0, 0.05) is 12.1 Å². The molecule has 0 aromatic carbocycles. The van der Waals surface area contributed by atoms with E-state index in [1.54, 1.807) is 0 Å². The van der Waals surface area contributed by atoms with E-state index in [4.69, 9.17) is 0 Å². The van der Waals surface area contributed by atoms with Crippen molar-refractivity contribution in [2.24, 2.45) is 0 Å². The molecule has 0 aromatic rings. The summed E-state index contributed by atoms with van der Waals surface area (Å²) in [5.41, 5.74) is 0. The van der Waals surface area contributed by atoms with Gasteiger partial charge in [-0.1, -0.05) is 13.3 Å². The molecule has 0 saturated heterocycles. The quantitative estimate of drug-likeness (QED) is 0.608. The van der Waals surface area contributed by atoms with Gasteiger partial charge in [-0.15, -0.1) is 0 Å². The average Bonchev–Trinajstić information content (AvgIpc) is 2.50. The molecule has 1 aliphatic rings. The SMILES string of the molecule is CCCC(C)NC1CC1. The van der Waals surface area contributed by atoms with Gasteiger partial charge in [-0.05, 0) is 26.2 Å². The van der Waals surface area contributed by atoms with E-state index < -0.39 is 0 Å². The van der Waals surface area contributed by atoms with Crippen LogP contribution < -0.4 is 5.32 Å². The minimum Gasteiger partial charge on any atom is -0.312 e. The van der Waals surface area contributed by atoms with E-state index in [-0.39, 0.29) is 0 Å². The van der Waals surface area contributed by atoms with Gasteiger partial charge in [0.2, 0.25) is 0 Å². The highest BCUT2D eigenvalue weighted by molar-refractivity contribution is 4.83. The lowest BCUT2D eigenvalue weighted by atomic mass is 10.2. The molecular weight excluding hydrogens is 110 g/mol. The molecule has 0 aliphatic heterocycles. The fraction of sp³-hybridized carbons (Fsp3) is 1.00. The molecule has 1 nitrogen and oxygen atoms in total. The van der Waals surface area contributed by atoms with E-state index in [2.05, 4.69) is 19.2 Å². The fourth-order valence-electron chi connectivity index (χ4n) is 1.17. The molecule has 1 fully saturated rings. The largest absolute Gasteiger partial charge is 0.312 e. The van der Waals surface area contributed by atoms with E-state index >= 15 is 0 Å². The Hall–Kier alpha value is -0.0400. The third-order valence-electron chi connectivity index (χ3n) is 1.82. The van der Waals surface area contributed by atoms with Gasteiger partial charge in [0.15, 0.2) is 0 Å². The molecule has 1 heteroatoms. The molecule has 9 heavy (non-hydrogen) atoms. The zero-order valence-electron chi connectivity index (χ0n) is 6.48. The van der Waals surface area contributed by atoms with Gasteiger partial charge in [-0.2, -0.15) is 0 Å². The first-order chi connectivity index (χ1) is 4.33. The third-order valence-corrected chi connectivity index (χ3v) is 1.82. The zero-order valence-corrected chi connectivity index (χ0v) is 6.48. The molecule has 1 N–H and O–H groups in total. The van der Waals surface area contributed by atoms with Crippen molar-refractivity contribution in [2.75, 3.05) is 0 Å². The lowest BCUT2D eigenvalue weighted by Crippen LogP contribution is -2.27. The summed E-state index contributed by atoms with van der Waals surface area (Å²) >= 11 is 0. The normalized spacial score (nSPS) is 22.0. The predicted molar refractivity (Wildman–Crippen MR) is 40.5 cm³/mol. The van der Waals surface area contributed by atoms with Crippen molar-refractivity contribution in [3.05, 3.63) is 0 Å². The van der Waals surface area contributed by atoms with Gasteiger partial charge in [0.05, 0.1) is 0 Å². The Labute approximate surface area is 57.8 Å². The summed E-state index contributed by atoms with van der Waals surface area (Å²) in [4.78, 5) is 0. The van der Waals surface area contributed by atoms with Gasteiger partial charge in [0.25, 0.3) is 0 Å². The molecule has 0 aromatic heterocycles. The standard InChI is InChI=1S/C8H17N/c1-3-4-7(2)9-8-5-6-8/h7-9H,3-6H2,1-2H3. The molecule has 0 bridgehead atoms. The van der Waals surface area contributed by atoms with Crippen LogP contribution in [0.3, 0.4) is 0 Å². The average molecular weight is 127 g/mol. The molecule has 1 unspecified atom stereocenters. The number of rotatable bonds is 4. The molecular formula is C8H17N. The summed E-state index contributed by atoms with van der Waals surface area (Å²) in [7, 11) is 0. The fourth-order valence-corrected chi connectivity index (χ4v) is 1.17. The summed E-state index contributed by atoms with van der Waals surface area (Å²) in [6.45, 7) is 4.52. The summed E-state index contributed by atoms with van der Waals surface area (Å²) in [6.07, 6.45) is 5.46. The Morgan fingerprint density at radius 3 is 2.67 bits per heavy atom. The Morgan fingerprint density at radius 1 is 1.56 bits per heavy atom. The molecule has 0 radical (unpaired) electrons. The molecule has 1 atom stereocenters. The van der Waals surface area contributed by atoms with Crippen LogP contribution in [0.4, 0.5) is 0 Å². The topological polar surface area (TPSA) is 12.0 Å². The number of hydrogen-bond donors (Lipinski definition) is 1. The Bertz CT molecular complexity index is 76.6. The lowest BCUT2D eigenvalue weighted by Gasteiger charge is -2.10. The van der Waals surface area contributed by atoms with Gasteiger partial charge in [0.1, 0.15) is 0 Å². The molecule has 0 spiro atoms.